The van der Waals surface area contributed by atoms with Crippen LogP contribution in [0.3, 0.4) is 0 Å². The normalized spacial score (nSPS) is 12.7. The topological polar surface area (TPSA) is 93.5 Å². The number of nitrogen functional groups attached to an aromatic ring is 2. The van der Waals surface area contributed by atoms with Gasteiger partial charge < -0.3 is 21.6 Å². The summed E-state index contributed by atoms with van der Waals surface area (Å²) in [7, 11) is 0. The van der Waals surface area contributed by atoms with E-state index < -0.39 is 11.7 Å². The lowest BCUT2D eigenvalue weighted by molar-refractivity contribution is -0.137. The summed E-state index contributed by atoms with van der Waals surface area (Å²) in [6, 6.07) is 11.0. The largest absolute Gasteiger partial charge is 0.417 e. The van der Waals surface area contributed by atoms with Crippen molar-refractivity contribution in [3.05, 3.63) is 58.6 Å². The fourth-order valence-corrected chi connectivity index (χ4v) is 2.26. The maximum Gasteiger partial charge on any atom is 0.417 e. The highest BCUT2D eigenvalue weighted by atomic mass is 35.5. The Labute approximate surface area is 153 Å². The van der Waals surface area contributed by atoms with Crippen molar-refractivity contribution in [2.45, 2.75) is 6.18 Å². The number of amidine groups is 1. The fraction of sp³-hybridized carbons (Fsp3) is 0.176. The van der Waals surface area contributed by atoms with Crippen LogP contribution in [0, 0.1) is 0 Å². The third kappa shape index (κ3) is 6.29. The first-order valence-corrected chi connectivity index (χ1v) is 7.70. The summed E-state index contributed by atoms with van der Waals surface area (Å²) in [4.78, 5) is 12.3. The monoisotopic (exact) mass is 386 g/mol. The van der Waals surface area contributed by atoms with Gasteiger partial charge in [0.05, 0.1) is 17.1 Å². The lowest BCUT2D eigenvalue weighted by Crippen LogP contribution is -2.19. The Hall–Kier alpha value is -2.74. The minimum atomic E-state index is -4.44. The molecule has 0 radical (unpaired) electrons. The van der Waals surface area contributed by atoms with Gasteiger partial charge in [-0.2, -0.15) is 13.2 Å². The molecule has 0 fully saturated rings. The van der Waals surface area contributed by atoms with Crippen molar-refractivity contribution in [3.63, 3.8) is 0 Å². The average Bonchev–Trinajstić information content (AvgIpc) is 3.13. The van der Waals surface area contributed by atoms with E-state index >= 15 is 0 Å². The van der Waals surface area contributed by atoms with Crippen molar-refractivity contribution < 1.29 is 18.0 Å². The molecule has 2 aromatic rings. The van der Waals surface area contributed by atoms with Crippen LogP contribution >= 0.6 is 11.6 Å². The molecule has 9 heteroatoms. The van der Waals surface area contributed by atoms with Gasteiger partial charge in [0.15, 0.2) is 0 Å². The Balaban J connectivity index is 0.000000238. The van der Waals surface area contributed by atoms with Gasteiger partial charge in [0, 0.05) is 23.5 Å². The second-order valence-electron chi connectivity index (χ2n) is 5.02. The van der Waals surface area contributed by atoms with Crippen LogP contribution in [0.4, 0.5) is 24.5 Å². The quantitative estimate of drug-likeness (QED) is 0.655. The van der Waals surface area contributed by atoms with E-state index in [1.165, 1.54) is 6.07 Å². The summed E-state index contributed by atoms with van der Waals surface area (Å²) in [5.41, 5.74) is 11.8. The molecule has 1 heterocycles. The Kier molecular flexibility index (Phi) is 7.92. The van der Waals surface area contributed by atoms with Crippen molar-refractivity contribution in [2.75, 3.05) is 24.6 Å². The van der Waals surface area contributed by atoms with Crippen molar-refractivity contribution in [2.24, 2.45) is 4.99 Å². The van der Waals surface area contributed by atoms with E-state index in [4.69, 9.17) is 27.9 Å². The van der Waals surface area contributed by atoms with E-state index in [-0.39, 0.29) is 10.7 Å². The molecule has 0 bridgehead atoms. The number of halogens is 4. The van der Waals surface area contributed by atoms with E-state index in [9.17, 15) is 13.2 Å². The van der Waals surface area contributed by atoms with Crippen LogP contribution in [0.25, 0.3) is 0 Å². The predicted molar refractivity (Wildman–Crippen MR) is 98.2 cm³/mol. The molecular weight excluding hydrogens is 369 g/mol. The third-order valence-electron chi connectivity index (χ3n) is 3.13. The van der Waals surface area contributed by atoms with Crippen LogP contribution in [-0.4, -0.2) is 25.7 Å². The molecule has 0 aliphatic carbocycles. The lowest BCUT2D eigenvalue weighted by Gasteiger charge is -2.08. The molecule has 2 aromatic carbocycles. The van der Waals surface area contributed by atoms with Crippen LogP contribution in [-0.2, 0) is 11.0 Å². The van der Waals surface area contributed by atoms with Gasteiger partial charge in [0.2, 0.25) is 0 Å². The molecule has 26 heavy (non-hydrogen) atoms. The smallest absolute Gasteiger partial charge is 0.399 e. The fourth-order valence-electron chi connectivity index (χ4n) is 2.04. The van der Waals surface area contributed by atoms with Gasteiger partial charge in [-0.3, -0.25) is 4.99 Å². The summed E-state index contributed by atoms with van der Waals surface area (Å²) in [6.45, 7) is 3.80. The first-order valence-electron chi connectivity index (χ1n) is 7.32. The maximum absolute atomic E-state index is 12.1. The average molecular weight is 387 g/mol. The molecule has 0 saturated carbocycles. The van der Waals surface area contributed by atoms with Crippen LogP contribution in [0.1, 0.15) is 11.1 Å². The zero-order valence-corrected chi connectivity index (χ0v) is 14.4. The second kappa shape index (κ2) is 9.67. The second-order valence-corrected chi connectivity index (χ2v) is 5.43. The number of nitrogens with one attached hydrogen (secondary N) is 1. The summed E-state index contributed by atoms with van der Waals surface area (Å²) >= 11 is 5.31. The minimum Gasteiger partial charge on any atom is -0.399 e. The van der Waals surface area contributed by atoms with Crippen LogP contribution in [0.15, 0.2) is 47.5 Å². The summed E-state index contributed by atoms with van der Waals surface area (Å²) in [6.07, 6.45) is -4.44. The number of nitrogens with two attached hydrogens (primary N) is 2. The van der Waals surface area contributed by atoms with E-state index in [1.54, 1.807) is 0 Å². The Bertz CT molecular complexity index is 766. The van der Waals surface area contributed by atoms with E-state index in [0.717, 1.165) is 42.3 Å². The molecule has 0 unspecified atom stereocenters. The number of alkyl halides is 3. The number of carbonyl (C=O) groups excluding carboxylic acids is 1. The summed E-state index contributed by atoms with van der Waals surface area (Å²) in [5, 5.41) is 2.86. The predicted octanol–water partition coefficient (Wildman–Crippen LogP) is 3.37. The van der Waals surface area contributed by atoms with Crippen molar-refractivity contribution >= 4 is 35.6 Å². The molecule has 0 saturated heterocycles. The van der Waals surface area contributed by atoms with Crippen molar-refractivity contribution in [3.8, 4) is 0 Å². The first kappa shape index (κ1) is 21.3. The molecule has 0 aromatic heterocycles. The molecule has 140 valence electrons. The van der Waals surface area contributed by atoms with Gasteiger partial charge >= 0.3 is 6.18 Å². The highest BCUT2D eigenvalue weighted by Crippen LogP contribution is 2.35. The van der Waals surface area contributed by atoms with Gasteiger partial charge in [0.25, 0.3) is 0 Å². The standard InChI is InChI=1S/C9H11N3.C7H5ClF3N.CH2O/c10-8-3-1-2-7(6-8)9-11-4-5-12-9;8-6-2-1-4(12)3-5(6)7(9,10)11;1-2/h1-3,6H,4-5,10H2,(H,11,12);1-3H,12H2;1H2. The molecule has 5 N–H and O–H groups in total. The van der Waals surface area contributed by atoms with Crippen LogP contribution < -0.4 is 16.8 Å². The van der Waals surface area contributed by atoms with Crippen molar-refractivity contribution in [1.82, 2.24) is 5.32 Å². The molecular formula is C17H18ClF3N4O. The summed E-state index contributed by atoms with van der Waals surface area (Å²) in [5.74, 6) is 0.960. The first-order chi connectivity index (χ1) is 12.3. The lowest BCUT2D eigenvalue weighted by atomic mass is 10.2. The molecule has 1 aliphatic heterocycles. The molecule has 3 rings (SSSR count). The van der Waals surface area contributed by atoms with Gasteiger partial charge in [-0.25, -0.2) is 0 Å². The summed E-state index contributed by atoms with van der Waals surface area (Å²) < 4.78 is 36.3. The van der Waals surface area contributed by atoms with Crippen LogP contribution in [0.2, 0.25) is 5.02 Å². The molecule has 1 aliphatic rings. The number of benzene rings is 2. The Morgan fingerprint density at radius 2 is 1.73 bits per heavy atom. The molecule has 0 amide bonds. The highest BCUT2D eigenvalue weighted by molar-refractivity contribution is 6.31. The number of hydrogen-bond acceptors (Lipinski definition) is 5. The number of carbonyl (C=O) groups is 1. The number of anilines is 2. The van der Waals surface area contributed by atoms with E-state index in [0.29, 0.717) is 0 Å². The van der Waals surface area contributed by atoms with E-state index in [2.05, 4.69) is 10.3 Å². The molecule has 0 spiro atoms. The van der Waals surface area contributed by atoms with Gasteiger partial charge in [-0.1, -0.05) is 23.7 Å². The number of aliphatic imine (C=N–C) groups is 1. The molecule has 0 atom stereocenters. The zero-order chi connectivity index (χ0) is 19.7. The van der Waals surface area contributed by atoms with Gasteiger partial charge in [0.1, 0.15) is 12.6 Å². The number of nitrogens with zero attached hydrogens (tertiary/aromatic N) is 1. The highest BCUT2D eigenvalue weighted by Gasteiger charge is 2.33. The number of rotatable bonds is 1. The maximum atomic E-state index is 12.1. The van der Waals surface area contributed by atoms with Crippen molar-refractivity contribution in [1.29, 1.82) is 0 Å². The Morgan fingerprint density at radius 1 is 1.08 bits per heavy atom. The number of hydrogen-bond donors (Lipinski definition) is 3. The van der Waals surface area contributed by atoms with Gasteiger partial charge in [-0.15, -0.1) is 0 Å². The SMILES string of the molecule is C=O.Nc1ccc(Cl)c(C(F)(F)F)c1.Nc1cccc(C2=NCCN2)c1. The van der Waals surface area contributed by atoms with E-state index in [1.807, 2.05) is 31.1 Å². The Morgan fingerprint density at radius 3 is 2.23 bits per heavy atom. The van der Waals surface area contributed by atoms with Gasteiger partial charge in [-0.05, 0) is 30.3 Å². The molecule has 5 nitrogen and oxygen atoms in total. The van der Waals surface area contributed by atoms with Crippen LogP contribution in [0.5, 0.6) is 0 Å². The zero-order valence-electron chi connectivity index (χ0n) is 13.7. The minimum absolute atomic E-state index is 0.0479. The third-order valence-corrected chi connectivity index (χ3v) is 3.46.